The maximum atomic E-state index is 14.6. The molecule has 1 aromatic carbocycles. The Morgan fingerprint density at radius 2 is 1.89 bits per heavy atom. The summed E-state index contributed by atoms with van der Waals surface area (Å²) in [7, 11) is 0. The highest BCUT2D eigenvalue weighted by molar-refractivity contribution is 7.14. The number of hydrogen-bond acceptors (Lipinski definition) is 6. The Hall–Kier alpha value is -3.79. The lowest BCUT2D eigenvalue weighted by molar-refractivity contribution is 0.103. The molecule has 1 fully saturated rings. The van der Waals surface area contributed by atoms with Gasteiger partial charge in [0.2, 0.25) is 0 Å². The van der Waals surface area contributed by atoms with E-state index in [1.165, 1.54) is 33.9 Å². The lowest BCUT2D eigenvalue weighted by Gasteiger charge is -2.09. The first-order valence-corrected chi connectivity index (χ1v) is 12.5. The number of fused-ring (bicyclic) bond motifs is 1. The fourth-order valence-corrected chi connectivity index (χ4v) is 5.50. The molecule has 3 aromatic heterocycles. The van der Waals surface area contributed by atoms with Gasteiger partial charge in [0.05, 0.1) is 16.3 Å². The second kappa shape index (κ2) is 8.77. The molecule has 1 amide bonds. The van der Waals surface area contributed by atoms with E-state index in [2.05, 4.69) is 31.0 Å². The normalized spacial score (nSPS) is 15.0. The van der Waals surface area contributed by atoms with E-state index in [0.29, 0.717) is 27.9 Å². The zero-order chi connectivity index (χ0) is 23.9. The summed E-state index contributed by atoms with van der Waals surface area (Å²) in [6.07, 6.45) is 6.52. The van der Waals surface area contributed by atoms with Crippen LogP contribution in [0.5, 0.6) is 0 Å². The van der Waals surface area contributed by atoms with Crippen molar-refractivity contribution < 1.29 is 9.18 Å². The average molecular weight is 491 g/mol. The van der Waals surface area contributed by atoms with Gasteiger partial charge in [-0.15, -0.1) is 11.3 Å². The molecule has 0 saturated heterocycles. The summed E-state index contributed by atoms with van der Waals surface area (Å²) in [6, 6.07) is 9.74. The number of aryl methyl sites for hydroxylation is 2. The maximum Gasteiger partial charge on any atom is 0.287 e. The lowest BCUT2D eigenvalue weighted by atomic mass is 9.99. The SMILES string of the molecule is O=C(Nc1cc(-c2cc(Nc3cc(C4CC4)[nH]n3)c(=O)[nH]n2)ccc1F)c1cc2c(s1)CCCC2. The number of carbonyl (C=O) groups is 1. The van der Waals surface area contributed by atoms with Crippen LogP contribution in [0.25, 0.3) is 11.3 Å². The summed E-state index contributed by atoms with van der Waals surface area (Å²) in [5, 5.41) is 19.5. The van der Waals surface area contributed by atoms with Crippen LogP contribution in [0.1, 0.15) is 57.4 Å². The minimum atomic E-state index is -0.546. The van der Waals surface area contributed by atoms with Gasteiger partial charge in [-0.3, -0.25) is 14.7 Å². The van der Waals surface area contributed by atoms with Crippen LogP contribution in [-0.2, 0) is 12.8 Å². The second-order valence-electron chi connectivity index (χ2n) is 9.02. The van der Waals surface area contributed by atoms with E-state index >= 15 is 0 Å². The number of aromatic nitrogens is 4. The number of thiophene rings is 1. The van der Waals surface area contributed by atoms with E-state index in [1.807, 2.05) is 12.1 Å². The van der Waals surface area contributed by atoms with Crippen LogP contribution in [-0.4, -0.2) is 26.3 Å². The highest BCUT2D eigenvalue weighted by atomic mass is 32.1. The predicted octanol–water partition coefficient (Wildman–Crippen LogP) is 5.11. The average Bonchev–Trinajstić information content (AvgIpc) is 3.44. The zero-order valence-electron chi connectivity index (χ0n) is 18.8. The lowest BCUT2D eigenvalue weighted by Crippen LogP contribution is -2.14. The highest BCUT2D eigenvalue weighted by Gasteiger charge is 2.25. The van der Waals surface area contributed by atoms with Gasteiger partial charge in [-0.1, -0.05) is 0 Å². The largest absolute Gasteiger partial charge is 0.334 e. The van der Waals surface area contributed by atoms with Gasteiger partial charge in [-0.2, -0.15) is 10.2 Å². The number of H-pyrrole nitrogens is 2. The van der Waals surface area contributed by atoms with Crippen LogP contribution in [0.4, 0.5) is 21.6 Å². The number of nitrogens with one attached hydrogen (secondary N) is 4. The monoisotopic (exact) mass is 490 g/mol. The van der Waals surface area contributed by atoms with E-state index < -0.39 is 11.4 Å². The van der Waals surface area contributed by atoms with Gasteiger partial charge in [0.1, 0.15) is 11.5 Å². The van der Waals surface area contributed by atoms with E-state index in [4.69, 9.17) is 0 Å². The van der Waals surface area contributed by atoms with Crippen molar-refractivity contribution in [3.8, 4) is 11.3 Å². The molecule has 3 heterocycles. The molecule has 0 radical (unpaired) electrons. The Morgan fingerprint density at radius 3 is 2.71 bits per heavy atom. The molecular formula is C25H23FN6O2S. The van der Waals surface area contributed by atoms with Crippen molar-refractivity contribution in [3.05, 3.63) is 73.6 Å². The number of benzene rings is 1. The molecule has 8 nitrogen and oxygen atoms in total. The Bertz CT molecular complexity index is 1460. The molecule has 1 saturated carbocycles. The highest BCUT2D eigenvalue weighted by Crippen LogP contribution is 2.39. The number of amides is 1. The van der Waals surface area contributed by atoms with Crippen molar-refractivity contribution in [3.63, 3.8) is 0 Å². The number of nitrogens with zero attached hydrogens (tertiary/aromatic N) is 2. The topological polar surface area (TPSA) is 116 Å². The molecule has 4 N–H and O–H groups in total. The fraction of sp³-hybridized carbons (Fsp3) is 0.280. The third kappa shape index (κ3) is 4.49. The third-order valence-corrected chi connectivity index (χ3v) is 7.65. The summed E-state index contributed by atoms with van der Waals surface area (Å²) in [6.45, 7) is 0. The van der Waals surface area contributed by atoms with E-state index in [9.17, 15) is 14.0 Å². The van der Waals surface area contributed by atoms with Crippen LogP contribution in [0.2, 0.25) is 0 Å². The van der Waals surface area contributed by atoms with E-state index in [0.717, 1.165) is 44.2 Å². The number of carbonyl (C=O) groups excluding carboxylic acids is 1. The van der Waals surface area contributed by atoms with Crippen molar-refractivity contribution >= 4 is 34.4 Å². The van der Waals surface area contributed by atoms with Gasteiger partial charge < -0.3 is 10.6 Å². The summed E-state index contributed by atoms with van der Waals surface area (Å²) in [4.78, 5) is 27.0. The predicted molar refractivity (Wildman–Crippen MR) is 133 cm³/mol. The van der Waals surface area contributed by atoms with Gasteiger partial charge in [-0.05, 0) is 74.4 Å². The van der Waals surface area contributed by atoms with Gasteiger partial charge in [0.25, 0.3) is 11.5 Å². The van der Waals surface area contributed by atoms with Crippen molar-refractivity contribution in [1.29, 1.82) is 0 Å². The van der Waals surface area contributed by atoms with Crippen molar-refractivity contribution in [1.82, 2.24) is 20.4 Å². The van der Waals surface area contributed by atoms with Crippen LogP contribution in [0.3, 0.4) is 0 Å². The maximum absolute atomic E-state index is 14.6. The van der Waals surface area contributed by atoms with Crippen molar-refractivity contribution in [2.45, 2.75) is 44.4 Å². The van der Waals surface area contributed by atoms with Gasteiger partial charge in [0.15, 0.2) is 5.82 Å². The van der Waals surface area contributed by atoms with Crippen LogP contribution >= 0.6 is 11.3 Å². The van der Waals surface area contributed by atoms with Crippen molar-refractivity contribution in [2.24, 2.45) is 0 Å². The fourth-order valence-electron chi connectivity index (χ4n) is 4.36. The molecule has 0 unspecified atom stereocenters. The smallest absolute Gasteiger partial charge is 0.287 e. The van der Waals surface area contributed by atoms with Crippen LogP contribution in [0, 0.1) is 5.82 Å². The first-order valence-electron chi connectivity index (χ1n) is 11.7. The second-order valence-corrected chi connectivity index (χ2v) is 10.2. The number of anilines is 3. The number of rotatable bonds is 6. The Balaban J connectivity index is 1.24. The first-order chi connectivity index (χ1) is 17.0. The molecule has 0 aliphatic heterocycles. The number of halogens is 1. The molecule has 35 heavy (non-hydrogen) atoms. The van der Waals surface area contributed by atoms with E-state index in [-0.39, 0.29) is 17.3 Å². The van der Waals surface area contributed by atoms with E-state index in [1.54, 1.807) is 12.1 Å². The zero-order valence-corrected chi connectivity index (χ0v) is 19.6. The standard InChI is InChI=1S/C25H23FN6O2S/c26-16-8-7-14(9-19(16)28-25(34)22-10-15-3-1-2-4-21(15)35-22)17-11-20(24(33)32-30-17)27-23-12-18(29-31-23)13-5-6-13/h7-13H,1-6H2,(H,28,34)(H,32,33)(H2,27,29,30,31). The molecule has 178 valence electrons. The third-order valence-electron chi connectivity index (χ3n) is 6.41. The summed E-state index contributed by atoms with van der Waals surface area (Å²) in [5.41, 5.74) is 3.16. The number of hydrogen-bond donors (Lipinski definition) is 4. The Kier molecular flexibility index (Phi) is 5.44. The van der Waals surface area contributed by atoms with Gasteiger partial charge >= 0.3 is 0 Å². The Morgan fingerprint density at radius 1 is 1.03 bits per heavy atom. The first kappa shape index (κ1) is 21.7. The minimum Gasteiger partial charge on any atom is -0.334 e. The molecular weight excluding hydrogens is 467 g/mol. The van der Waals surface area contributed by atoms with Crippen LogP contribution < -0.4 is 16.2 Å². The van der Waals surface area contributed by atoms with Gasteiger partial charge in [-0.25, -0.2) is 9.49 Å². The molecule has 0 atom stereocenters. The molecule has 2 aliphatic rings. The molecule has 2 aliphatic carbocycles. The Labute approximate surface area is 204 Å². The molecule has 0 bridgehead atoms. The molecule has 4 aromatic rings. The van der Waals surface area contributed by atoms with Crippen LogP contribution in [0.15, 0.2) is 41.2 Å². The van der Waals surface area contributed by atoms with Gasteiger partial charge in [0, 0.05) is 28.1 Å². The molecule has 10 heteroatoms. The minimum absolute atomic E-state index is 0.0581. The summed E-state index contributed by atoms with van der Waals surface area (Å²) < 4.78 is 14.6. The molecule has 6 rings (SSSR count). The molecule has 0 spiro atoms. The quantitative estimate of drug-likeness (QED) is 0.300. The summed E-state index contributed by atoms with van der Waals surface area (Å²) in [5.74, 6) is 0.176. The van der Waals surface area contributed by atoms with Crippen molar-refractivity contribution in [2.75, 3.05) is 10.6 Å². The number of aromatic amines is 2. The summed E-state index contributed by atoms with van der Waals surface area (Å²) >= 11 is 1.48.